The number of amides is 1. The number of morpholine rings is 1. The predicted octanol–water partition coefficient (Wildman–Crippen LogP) is 6.21. The Hall–Kier alpha value is -4.08. The number of halogens is 6. The number of nitrogens with zero attached hydrogens (tertiary/aromatic N) is 2. The minimum atomic E-state index is -5.12. The lowest BCUT2D eigenvalue weighted by atomic mass is 9.76. The van der Waals surface area contributed by atoms with Crippen LogP contribution in [0.5, 0.6) is 11.5 Å². The van der Waals surface area contributed by atoms with Gasteiger partial charge in [-0.15, -0.1) is 0 Å². The number of methoxy groups -OCH3 is 2. The van der Waals surface area contributed by atoms with E-state index in [1.807, 2.05) is 24.3 Å². The molecule has 0 aromatic heterocycles. The van der Waals surface area contributed by atoms with Crippen molar-refractivity contribution >= 4 is 22.6 Å². The number of rotatable bonds is 11. The number of fused-ring (bicyclic) bond motifs is 3. The number of benzene rings is 3. The fourth-order valence-electron chi connectivity index (χ4n) is 7.93. The SMILES string of the molecule is COc1ccc(CN2CC3CCC(C2)O3)c(OC)c1-c1cccc2c(C[C@H](NC(=O)C3(C(F)(F)F)CCN(CC(F)(F)F)CC3)C(=O)O)cccc12. The molecule has 0 radical (unpaired) electrons. The Morgan fingerprint density at radius 2 is 1.56 bits per heavy atom. The van der Waals surface area contributed by atoms with Crippen molar-refractivity contribution in [3.05, 3.63) is 59.7 Å². The molecule has 1 amide bonds. The van der Waals surface area contributed by atoms with Crippen molar-refractivity contribution in [2.75, 3.05) is 46.9 Å². The number of ether oxygens (including phenoxy) is 3. The minimum Gasteiger partial charge on any atom is -0.496 e. The smallest absolute Gasteiger partial charge is 0.403 e. The van der Waals surface area contributed by atoms with Gasteiger partial charge >= 0.3 is 18.3 Å². The Bertz CT molecular complexity index is 1780. The van der Waals surface area contributed by atoms with Gasteiger partial charge in [0.05, 0.1) is 38.5 Å². The summed E-state index contributed by atoms with van der Waals surface area (Å²) in [6.07, 6.45) is -9.49. The molecule has 282 valence electrons. The van der Waals surface area contributed by atoms with Gasteiger partial charge in [-0.1, -0.05) is 42.5 Å². The first-order valence-electron chi connectivity index (χ1n) is 17.1. The molecule has 15 heteroatoms. The van der Waals surface area contributed by atoms with Gasteiger partial charge in [0.25, 0.3) is 0 Å². The number of aliphatic carboxylic acids is 1. The Balaban J connectivity index is 1.29. The Morgan fingerprint density at radius 1 is 0.904 bits per heavy atom. The van der Waals surface area contributed by atoms with Gasteiger partial charge in [0, 0.05) is 31.6 Å². The number of piperidine rings is 1. The van der Waals surface area contributed by atoms with Gasteiger partial charge < -0.3 is 24.6 Å². The van der Waals surface area contributed by atoms with Gasteiger partial charge in [0.2, 0.25) is 5.91 Å². The highest BCUT2D eigenvalue weighted by atomic mass is 19.4. The van der Waals surface area contributed by atoms with E-state index in [4.69, 9.17) is 14.2 Å². The molecular formula is C37H41F6N3O6. The lowest BCUT2D eigenvalue weighted by Crippen LogP contribution is -2.59. The van der Waals surface area contributed by atoms with E-state index in [0.29, 0.717) is 39.9 Å². The van der Waals surface area contributed by atoms with Gasteiger partial charge in [0.1, 0.15) is 23.0 Å². The average Bonchev–Trinajstić information content (AvgIpc) is 3.43. The maximum absolute atomic E-state index is 14.4. The monoisotopic (exact) mass is 737 g/mol. The Kier molecular flexibility index (Phi) is 10.7. The highest BCUT2D eigenvalue weighted by Gasteiger charge is 2.61. The van der Waals surface area contributed by atoms with Gasteiger partial charge in [-0.05, 0) is 66.7 Å². The Morgan fingerprint density at radius 3 is 2.15 bits per heavy atom. The van der Waals surface area contributed by atoms with E-state index >= 15 is 0 Å². The number of carbonyl (C=O) groups excluding carboxylic acids is 1. The van der Waals surface area contributed by atoms with Crippen LogP contribution in [0.25, 0.3) is 21.9 Å². The molecule has 0 spiro atoms. The quantitative estimate of drug-likeness (QED) is 0.225. The second-order valence-electron chi connectivity index (χ2n) is 13.8. The van der Waals surface area contributed by atoms with Crippen molar-refractivity contribution < 1.29 is 55.2 Å². The molecule has 6 rings (SSSR count). The standard InChI is InChI=1S/C37H41F6N3O6/c1-50-30-12-9-23(18-46-19-24-10-11-25(20-46)52-24)32(51-2)31(30)28-8-4-6-26-22(5-3-7-27(26)28)17-29(33(47)48)44-34(49)35(37(41,42)43)13-15-45(16-14-35)21-36(38,39)40/h3-9,12,24-25,29H,10-11,13-21H2,1-2H3,(H,44,49)(H,47,48)/t24?,25?,29-/m0/s1. The van der Waals surface area contributed by atoms with E-state index < -0.39 is 68.2 Å². The summed E-state index contributed by atoms with van der Waals surface area (Å²) >= 11 is 0. The third-order valence-corrected chi connectivity index (χ3v) is 10.5. The lowest BCUT2D eigenvalue weighted by Gasteiger charge is -2.42. The zero-order valence-electron chi connectivity index (χ0n) is 28.8. The fraction of sp³-hybridized carbons (Fsp3) is 0.514. The first-order valence-corrected chi connectivity index (χ1v) is 17.1. The van der Waals surface area contributed by atoms with Crippen LogP contribution in [0, 0.1) is 5.41 Å². The normalized spacial score (nSPS) is 21.5. The first-order chi connectivity index (χ1) is 24.6. The number of carboxylic acid groups (broad SMARTS) is 1. The summed E-state index contributed by atoms with van der Waals surface area (Å²) in [5.74, 6) is -1.99. The van der Waals surface area contributed by atoms with Crippen LogP contribution in [0.15, 0.2) is 48.5 Å². The van der Waals surface area contributed by atoms with E-state index in [9.17, 15) is 41.0 Å². The number of likely N-dealkylation sites (tertiary alicyclic amines) is 2. The van der Waals surface area contributed by atoms with Crippen LogP contribution in [-0.2, 0) is 27.3 Å². The molecule has 3 aromatic carbocycles. The summed E-state index contributed by atoms with van der Waals surface area (Å²) in [6, 6.07) is 12.6. The average molecular weight is 738 g/mol. The van der Waals surface area contributed by atoms with Crippen LogP contribution in [0.2, 0.25) is 0 Å². The third-order valence-electron chi connectivity index (χ3n) is 10.5. The molecule has 2 N–H and O–H groups in total. The van der Waals surface area contributed by atoms with Gasteiger partial charge in [-0.3, -0.25) is 14.6 Å². The summed E-state index contributed by atoms with van der Waals surface area (Å²) in [4.78, 5) is 29.0. The van der Waals surface area contributed by atoms with Crippen LogP contribution in [0.3, 0.4) is 0 Å². The molecule has 0 saturated carbocycles. The molecule has 3 heterocycles. The summed E-state index contributed by atoms with van der Waals surface area (Å²) in [5.41, 5.74) is -0.258. The molecule has 3 aliphatic heterocycles. The number of alkyl halides is 6. The van der Waals surface area contributed by atoms with Crippen molar-refractivity contribution in [1.29, 1.82) is 0 Å². The predicted molar refractivity (Wildman–Crippen MR) is 179 cm³/mol. The molecular weight excluding hydrogens is 696 g/mol. The van der Waals surface area contributed by atoms with E-state index in [1.165, 1.54) is 0 Å². The van der Waals surface area contributed by atoms with Gasteiger partial charge in [0.15, 0.2) is 0 Å². The van der Waals surface area contributed by atoms with E-state index in [1.54, 1.807) is 38.5 Å². The summed E-state index contributed by atoms with van der Waals surface area (Å²) in [6.45, 7) is -0.427. The molecule has 3 atom stereocenters. The van der Waals surface area contributed by atoms with Crippen LogP contribution in [0.4, 0.5) is 26.3 Å². The number of carbonyl (C=O) groups is 2. The van der Waals surface area contributed by atoms with Crippen molar-refractivity contribution in [3.8, 4) is 22.6 Å². The van der Waals surface area contributed by atoms with Crippen LogP contribution in [-0.4, -0.2) is 104 Å². The molecule has 9 nitrogen and oxygen atoms in total. The first kappa shape index (κ1) is 37.7. The van der Waals surface area contributed by atoms with E-state index in [2.05, 4.69) is 10.2 Å². The Labute approximate surface area is 296 Å². The molecule has 2 unspecified atom stereocenters. The van der Waals surface area contributed by atoms with Crippen molar-refractivity contribution in [2.24, 2.45) is 5.41 Å². The maximum Gasteiger partial charge on any atom is 0.403 e. The third kappa shape index (κ3) is 7.67. The van der Waals surface area contributed by atoms with Crippen molar-refractivity contribution in [2.45, 2.75) is 69.3 Å². The zero-order chi connectivity index (χ0) is 37.4. The molecule has 52 heavy (non-hydrogen) atoms. The molecule has 3 aliphatic rings. The topological polar surface area (TPSA) is 101 Å². The number of hydrogen-bond acceptors (Lipinski definition) is 7. The zero-order valence-corrected chi connectivity index (χ0v) is 28.8. The van der Waals surface area contributed by atoms with Crippen LogP contribution < -0.4 is 14.8 Å². The van der Waals surface area contributed by atoms with E-state index in [0.717, 1.165) is 42.0 Å². The number of hydrogen-bond donors (Lipinski definition) is 2. The molecule has 3 saturated heterocycles. The molecule has 3 fully saturated rings. The molecule has 3 aromatic rings. The fourth-order valence-corrected chi connectivity index (χ4v) is 7.93. The lowest BCUT2D eigenvalue weighted by molar-refractivity contribution is -0.236. The summed E-state index contributed by atoms with van der Waals surface area (Å²) in [5, 5.41) is 13.5. The van der Waals surface area contributed by atoms with Crippen LogP contribution >= 0.6 is 0 Å². The highest BCUT2D eigenvalue weighted by molar-refractivity contribution is 6.01. The second-order valence-corrected chi connectivity index (χ2v) is 13.8. The summed E-state index contributed by atoms with van der Waals surface area (Å²) in [7, 11) is 3.12. The second kappa shape index (κ2) is 14.7. The number of carboxylic acids is 1. The van der Waals surface area contributed by atoms with Crippen molar-refractivity contribution in [1.82, 2.24) is 15.1 Å². The molecule has 2 bridgehead atoms. The van der Waals surface area contributed by atoms with Gasteiger partial charge in [-0.2, -0.15) is 26.3 Å². The van der Waals surface area contributed by atoms with Crippen molar-refractivity contribution in [3.63, 3.8) is 0 Å². The van der Waals surface area contributed by atoms with Gasteiger partial charge in [-0.25, -0.2) is 4.79 Å². The largest absolute Gasteiger partial charge is 0.496 e. The highest BCUT2D eigenvalue weighted by Crippen LogP contribution is 2.48. The van der Waals surface area contributed by atoms with Crippen LogP contribution in [0.1, 0.15) is 36.8 Å². The van der Waals surface area contributed by atoms with E-state index in [-0.39, 0.29) is 18.6 Å². The molecule has 0 aliphatic carbocycles. The number of nitrogens with one attached hydrogen (secondary N) is 1. The minimum absolute atomic E-state index is 0.202. The maximum atomic E-state index is 14.4. The summed E-state index contributed by atoms with van der Waals surface area (Å²) < 4.78 is 99.9.